The van der Waals surface area contributed by atoms with E-state index in [2.05, 4.69) is 40.1 Å². The van der Waals surface area contributed by atoms with Crippen LogP contribution in [-0.4, -0.2) is 14.1 Å². The number of aryl methyl sites for hydroxylation is 3. The van der Waals surface area contributed by atoms with E-state index in [4.69, 9.17) is 0 Å². The molecule has 2 aromatic rings. The Morgan fingerprint density at radius 3 is 2.43 bits per heavy atom. The van der Waals surface area contributed by atoms with E-state index >= 15 is 0 Å². The highest BCUT2D eigenvalue weighted by atomic mass is 15.1. The molecule has 3 nitrogen and oxygen atoms in total. The molecule has 0 fully saturated rings. The zero-order chi connectivity index (χ0) is 9.97. The molecular weight excluding hydrogens is 174 g/mol. The first kappa shape index (κ1) is 9.06. The molecular formula is C11H15N3. The molecule has 0 aliphatic rings. The Morgan fingerprint density at radius 2 is 1.86 bits per heavy atom. The lowest BCUT2D eigenvalue weighted by molar-refractivity contribution is 0.562. The summed E-state index contributed by atoms with van der Waals surface area (Å²) in [4.78, 5) is 4.02. The lowest BCUT2D eigenvalue weighted by Crippen LogP contribution is -2.08. The number of hydrogen-bond donors (Lipinski definition) is 0. The molecule has 14 heavy (non-hydrogen) atoms. The Hall–Kier alpha value is -1.51. The van der Waals surface area contributed by atoms with Crippen LogP contribution in [0, 0.1) is 13.8 Å². The molecule has 0 amide bonds. The van der Waals surface area contributed by atoms with Crippen LogP contribution in [0.4, 0.5) is 0 Å². The first-order valence-electron chi connectivity index (χ1n) is 4.86. The topological polar surface area (TPSA) is 22.8 Å². The Balaban J connectivity index is 2.05. The molecule has 0 unspecified atom stereocenters. The minimum absolute atomic E-state index is 0.982. The van der Waals surface area contributed by atoms with Crippen molar-refractivity contribution < 1.29 is 0 Å². The van der Waals surface area contributed by atoms with E-state index in [0.29, 0.717) is 0 Å². The Bertz CT molecular complexity index is 379. The van der Waals surface area contributed by atoms with Gasteiger partial charge in [-0.15, -0.1) is 0 Å². The zero-order valence-corrected chi connectivity index (χ0v) is 8.64. The summed E-state index contributed by atoms with van der Waals surface area (Å²) < 4.78 is 4.42. The molecule has 2 rings (SSSR count). The molecule has 74 valence electrons. The highest BCUT2D eigenvalue weighted by Crippen LogP contribution is 2.07. The standard InChI is InChI=1S/C11H15N3/c1-10-3-4-11(2)14(10)8-7-13-6-5-12-9-13/h3-6,9H,7-8H2,1-2H3. The van der Waals surface area contributed by atoms with Crippen molar-refractivity contribution in [1.82, 2.24) is 14.1 Å². The second kappa shape index (κ2) is 3.70. The summed E-state index contributed by atoms with van der Waals surface area (Å²) in [6, 6.07) is 4.31. The predicted octanol–water partition coefficient (Wildman–Crippen LogP) is 2.00. The van der Waals surface area contributed by atoms with E-state index < -0.39 is 0 Å². The van der Waals surface area contributed by atoms with Crippen molar-refractivity contribution in [2.45, 2.75) is 26.9 Å². The lowest BCUT2D eigenvalue weighted by atomic mass is 10.5. The van der Waals surface area contributed by atoms with E-state index in [9.17, 15) is 0 Å². The van der Waals surface area contributed by atoms with Gasteiger partial charge in [-0.05, 0) is 26.0 Å². The van der Waals surface area contributed by atoms with Crippen LogP contribution in [0.2, 0.25) is 0 Å². The van der Waals surface area contributed by atoms with Gasteiger partial charge in [-0.1, -0.05) is 0 Å². The van der Waals surface area contributed by atoms with Gasteiger partial charge in [0.1, 0.15) is 0 Å². The van der Waals surface area contributed by atoms with E-state index in [0.717, 1.165) is 13.1 Å². The Kier molecular flexibility index (Phi) is 2.39. The summed E-state index contributed by atoms with van der Waals surface area (Å²) in [6.45, 7) is 6.28. The quantitative estimate of drug-likeness (QED) is 0.724. The van der Waals surface area contributed by atoms with Gasteiger partial charge in [0.15, 0.2) is 0 Å². The number of hydrogen-bond acceptors (Lipinski definition) is 1. The summed E-state index contributed by atoms with van der Waals surface area (Å²) in [6.07, 6.45) is 5.66. The molecule has 0 atom stereocenters. The smallest absolute Gasteiger partial charge is 0.0946 e. The molecule has 0 aliphatic carbocycles. The van der Waals surface area contributed by atoms with Crippen LogP contribution in [-0.2, 0) is 13.1 Å². The molecule has 0 aromatic carbocycles. The van der Waals surface area contributed by atoms with Crippen molar-refractivity contribution in [3.8, 4) is 0 Å². The van der Waals surface area contributed by atoms with Gasteiger partial charge in [0.2, 0.25) is 0 Å². The molecule has 0 spiro atoms. The second-order valence-electron chi connectivity index (χ2n) is 3.57. The maximum absolute atomic E-state index is 4.02. The van der Waals surface area contributed by atoms with E-state index in [1.807, 2.05) is 18.7 Å². The third kappa shape index (κ3) is 1.71. The third-order valence-corrected chi connectivity index (χ3v) is 2.56. The minimum atomic E-state index is 0.982. The van der Waals surface area contributed by atoms with Crippen LogP contribution in [0.15, 0.2) is 30.9 Å². The van der Waals surface area contributed by atoms with Crippen molar-refractivity contribution in [3.63, 3.8) is 0 Å². The van der Waals surface area contributed by atoms with E-state index in [-0.39, 0.29) is 0 Å². The van der Waals surface area contributed by atoms with Gasteiger partial charge >= 0.3 is 0 Å². The van der Waals surface area contributed by atoms with Crippen molar-refractivity contribution in [2.75, 3.05) is 0 Å². The number of rotatable bonds is 3. The summed E-state index contributed by atoms with van der Waals surface area (Å²) >= 11 is 0. The lowest BCUT2D eigenvalue weighted by Gasteiger charge is -2.09. The van der Waals surface area contributed by atoms with Gasteiger partial charge in [0.25, 0.3) is 0 Å². The zero-order valence-electron chi connectivity index (χ0n) is 8.64. The Labute approximate surface area is 84.0 Å². The SMILES string of the molecule is Cc1ccc(C)n1CCn1ccnc1. The van der Waals surface area contributed by atoms with Crippen molar-refractivity contribution in [1.29, 1.82) is 0 Å². The van der Waals surface area contributed by atoms with Crippen LogP contribution in [0.1, 0.15) is 11.4 Å². The van der Waals surface area contributed by atoms with Crippen LogP contribution < -0.4 is 0 Å². The molecule has 0 saturated heterocycles. The number of nitrogens with zero attached hydrogens (tertiary/aromatic N) is 3. The molecule has 0 bridgehead atoms. The highest BCUT2D eigenvalue weighted by Gasteiger charge is 1.99. The average Bonchev–Trinajstić information content (AvgIpc) is 2.76. The van der Waals surface area contributed by atoms with Gasteiger partial charge in [0, 0.05) is 36.9 Å². The fourth-order valence-electron chi connectivity index (χ4n) is 1.69. The number of imidazole rings is 1. The monoisotopic (exact) mass is 189 g/mol. The number of aromatic nitrogens is 3. The first-order valence-corrected chi connectivity index (χ1v) is 4.86. The van der Waals surface area contributed by atoms with Gasteiger partial charge in [0.05, 0.1) is 6.33 Å². The fourth-order valence-corrected chi connectivity index (χ4v) is 1.69. The first-order chi connectivity index (χ1) is 6.77. The summed E-state index contributed by atoms with van der Waals surface area (Å²) in [5, 5.41) is 0. The van der Waals surface area contributed by atoms with Crippen molar-refractivity contribution in [3.05, 3.63) is 42.2 Å². The van der Waals surface area contributed by atoms with Gasteiger partial charge in [-0.2, -0.15) is 0 Å². The Morgan fingerprint density at radius 1 is 1.14 bits per heavy atom. The van der Waals surface area contributed by atoms with Gasteiger partial charge < -0.3 is 9.13 Å². The average molecular weight is 189 g/mol. The predicted molar refractivity (Wildman–Crippen MR) is 56.1 cm³/mol. The third-order valence-electron chi connectivity index (χ3n) is 2.56. The molecule has 0 radical (unpaired) electrons. The van der Waals surface area contributed by atoms with E-state index in [1.165, 1.54) is 11.4 Å². The summed E-state index contributed by atoms with van der Waals surface area (Å²) in [7, 11) is 0. The van der Waals surface area contributed by atoms with Crippen LogP contribution >= 0.6 is 0 Å². The van der Waals surface area contributed by atoms with Gasteiger partial charge in [-0.25, -0.2) is 4.98 Å². The molecule has 0 saturated carbocycles. The van der Waals surface area contributed by atoms with Crippen LogP contribution in [0.3, 0.4) is 0 Å². The van der Waals surface area contributed by atoms with Crippen LogP contribution in [0.25, 0.3) is 0 Å². The highest BCUT2D eigenvalue weighted by molar-refractivity contribution is 5.13. The minimum Gasteiger partial charge on any atom is -0.347 e. The molecule has 0 aliphatic heterocycles. The normalized spacial score (nSPS) is 10.7. The summed E-state index contributed by atoms with van der Waals surface area (Å²) in [5.74, 6) is 0. The largest absolute Gasteiger partial charge is 0.347 e. The molecule has 2 heterocycles. The second-order valence-corrected chi connectivity index (χ2v) is 3.57. The molecule has 3 heteroatoms. The molecule has 0 N–H and O–H groups in total. The van der Waals surface area contributed by atoms with Crippen LogP contribution in [0.5, 0.6) is 0 Å². The van der Waals surface area contributed by atoms with Gasteiger partial charge in [-0.3, -0.25) is 0 Å². The van der Waals surface area contributed by atoms with E-state index in [1.54, 1.807) is 0 Å². The fraction of sp³-hybridized carbons (Fsp3) is 0.364. The molecule has 2 aromatic heterocycles. The maximum Gasteiger partial charge on any atom is 0.0946 e. The summed E-state index contributed by atoms with van der Waals surface area (Å²) in [5.41, 5.74) is 2.64. The van der Waals surface area contributed by atoms with Crippen molar-refractivity contribution >= 4 is 0 Å². The van der Waals surface area contributed by atoms with Crippen molar-refractivity contribution in [2.24, 2.45) is 0 Å². The maximum atomic E-state index is 4.02.